The molecule has 0 aliphatic heterocycles. The Hall–Kier alpha value is -0.970. The molecule has 0 aromatic heterocycles. The van der Waals surface area contributed by atoms with Crippen LogP contribution in [0, 0.1) is 0 Å². The lowest BCUT2D eigenvalue weighted by Gasteiger charge is -2.22. The maximum absolute atomic E-state index is 9.71. The molecule has 0 aliphatic carbocycles. The molecule has 0 amide bonds. The second-order valence-electron chi connectivity index (χ2n) is 5.05. The van der Waals surface area contributed by atoms with E-state index in [4.69, 9.17) is 15.6 Å². The van der Waals surface area contributed by atoms with Gasteiger partial charge in [-0.2, -0.15) is 0 Å². The quantitative estimate of drug-likeness (QED) is 0.789. The molecule has 1 rings (SSSR count). The first-order chi connectivity index (χ1) is 7.83. The van der Waals surface area contributed by atoms with Crippen LogP contribution in [0.25, 0.3) is 0 Å². The number of phenols is 1. The van der Waals surface area contributed by atoms with Gasteiger partial charge >= 0.3 is 0 Å². The molecule has 1 atom stereocenters. The van der Waals surface area contributed by atoms with Gasteiger partial charge in [-0.15, -0.1) is 12.4 Å². The molecular weight excluding hydrogens is 254 g/mol. The lowest BCUT2D eigenvalue weighted by molar-refractivity contribution is 0.130. The van der Waals surface area contributed by atoms with E-state index in [2.05, 4.69) is 0 Å². The van der Waals surface area contributed by atoms with Gasteiger partial charge in [-0.25, -0.2) is 0 Å². The number of benzene rings is 1. The van der Waals surface area contributed by atoms with Crippen LogP contribution in [0.15, 0.2) is 18.2 Å². The Morgan fingerprint density at radius 1 is 1.33 bits per heavy atom. The van der Waals surface area contributed by atoms with Crippen molar-refractivity contribution >= 4 is 12.4 Å². The van der Waals surface area contributed by atoms with E-state index >= 15 is 0 Å². The summed E-state index contributed by atoms with van der Waals surface area (Å²) in [7, 11) is 0. The van der Waals surface area contributed by atoms with Crippen molar-refractivity contribution in [3.8, 4) is 11.5 Å². The molecule has 104 valence electrons. The van der Waals surface area contributed by atoms with E-state index in [0.29, 0.717) is 17.7 Å². The van der Waals surface area contributed by atoms with Crippen LogP contribution in [0.2, 0.25) is 0 Å². The monoisotopic (exact) mass is 275 g/mol. The summed E-state index contributed by atoms with van der Waals surface area (Å²) < 4.78 is 5.70. The Balaban J connectivity index is 0.00000289. The molecule has 0 fully saturated rings. The lowest BCUT2D eigenvalue weighted by Crippen LogP contribution is -2.23. The van der Waals surface area contributed by atoms with Crippen LogP contribution in [0.1, 0.15) is 38.8 Å². The molecule has 0 spiro atoms. The number of aliphatic hydroxyl groups is 1. The molecule has 0 saturated carbocycles. The number of rotatable bonds is 4. The average molecular weight is 276 g/mol. The highest BCUT2D eigenvalue weighted by atomic mass is 35.5. The van der Waals surface area contributed by atoms with Crippen LogP contribution in [-0.2, 0) is 0 Å². The minimum atomic E-state index is -0.386. The average Bonchev–Trinajstić information content (AvgIpc) is 2.19. The third-order valence-electron chi connectivity index (χ3n) is 2.26. The van der Waals surface area contributed by atoms with Crippen molar-refractivity contribution in [3.05, 3.63) is 23.8 Å². The van der Waals surface area contributed by atoms with Gasteiger partial charge in [0.05, 0.1) is 0 Å². The van der Waals surface area contributed by atoms with Crippen LogP contribution in [0.5, 0.6) is 11.5 Å². The van der Waals surface area contributed by atoms with Gasteiger partial charge in [0.2, 0.25) is 0 Å². The number of aliphatic hydroxyl groups excluding tert-OH is 1. The third-order valence-corrected chi connectivity index (χ3v) is 2.26. The van der Waals surface area contributed by atoms with E-state index in [1.165, 1.54) is 0 Å². The predicted octanol–water partition coefficient (Wildman–Crippen LogP) is 2.37. The second kappa shape index (κ2) is 6.83. The van der Waals surface area contributed by atoms with Crippen molar-refractivity contribution in [2.75, 3.05) is 6.61 Å². The van der Waals surface area contributed by atoms with E-state index in [9.17, 15) is 5.11 Å². The minimum absolute atomic E-state index is 0. The maximum atomic E-state index is 9.71. The van der Waals surface area contributed by atoms with Gasteiger partial charge in [0.1, 0.15) is 17.1 Å². The summed E-state index contributed by atoms with van der Waals surface area (Å²) in [6.45, 7) is 5.85. The Labute approximate surface area is 114 Å². The molecule has 0 aliphatic rings. The van der Waals surface area contributed by atoms with E-state index < -0.39 is 0 Å². The summed E-state index contributed by atoms with van der Waals surface area (Å²) in [5, 5.41) is 18.6. The van der Waals surface area contributed by atoms with Gasteiger partial charge in [0.25, 0.3) is 0 Å². The molecule has 0 radical (unpaired) electrons. The summed E-state index contributed by atoms with van der Waals surface area (Å²) >= 11 is 0. The third kappa shape index (κ3) is 5.12. The number of halogens is 1. The Bertz CT molecular complexity index is 377. The summed E-state index contributed by atoms with van der Waals surface area (Å²) in [5.74, 6) is 0.797. The molecule has 1 aromatic carbocycles. The standard InChI is InChI=1S/C13H21NO3.ClH/c1-13(2,3)17-9-4-5-12(16)10(8-9)11(14)6-7-15;/h4-5,8,11,15-16H,6-7,14H2,1-3H3;1H/t11-;/m0./s1. The fourth-order valence-electron chi connectivity index (χ4n) is 1.54. The molecule has 0 saturated heterocycles. The molecule has 5 heteroatoms. The minimum Gasteiger partial charge on any atom is -0.508 e. The molecule has 0 heterocycles. The van der Waals surface area contributed by atoms with Crippen molar-refractivity contribution in [2.45, 2.75) is 38.8 Å². The fraction of sp³-hybridized carbons (Fsp3) is 0.538. The SMILES string of the molecule is CC(C)(C)Oc1ccc(O)c([C@@H](N)CCO)c1.Cl. The van der Waals surface area contributed by atoms with Gasteiger partial charge < -0.3 is 20.7 Å². The van der Waals surface area contributed by atoms with Crippen molar-refractivity contribution in [1.82, 2.24) is 0 Å². The summed E-state index contributed by atoms with van der Waals surface area (Å²) in [6, 6.07) is 4.60. The Kier molecular flexibility index (Phi) is 6.46. The van der Waals surface area contributed by atoms with Crippen molar-refractivity contribution in [1.29, 1.82) is 0 Å². The topological polar surface area (TPSA) is 75.7 Å². The Morgan fingerprint density at radius 3 is 2.44 bits per heavy atom. The number of phenolic OH excluding ortho intramolecular Hbond substituents is 1. The highest BCUT2D eigenvalue weighted by Crippen LogP contribution is 2.30. The number of hydrogen-bond acceptors (Lipinski definition) is 4. The van der Waals surface area contributed by atoms with Crippen LogP contribution in [0.3, 0.4) is 0 Å². The number of ether oxygens (including phenoxy) is 1. The van der Waals surface area contributed by atoms with E-state index in [-0.39, 0.29) is 36.4 Å². The zero-order chi connectivity index (χ0) is 13.1. The van der Waals surface area contributed by atoms with Gasteiger partial charge in [-0.05, 0) is 45.4 Å². The van der Waals surface area contributed by atoms with Crippen LogP contribution < -0.4 is 10.5 Å². The molecular formula is C13H22ClNO3. The Morgan fingerprint density at radius 2 is 1.94 bits per heavy atom. The second-order valence-corrected chi connectivity index (χ2v) is 5.05. The molecule has 0 unspecified atom stereocenters. The zero-order valence-corrected chi connectivity index (χ0v) is 11.8. The van der Waals surface area contributed by atoms with E-state index in [1.54, 1.807) is 18.2 Å². The molecule has 4 nitrogen and oxygen atoms in total. The van der Waals surface area contributed by atoms with E-state index in [1.807, 2.05) is 20.8 Å². The molecule has 1 aromatic rings. The van der Waals surface area contributed by atoms with Gasteiger partial charge in [0.15, 0.2) is 0 Å². The molecule has 0 bridgehead atoms. The summed E-state index contributed by atoms with van der Waals surface area (Å²) in [4.78, 5) is 0. The first-order valence-corrected chi connectivity index (χ1v) is 5.72. The van der Waals surface area contributed by atoms with Gasteiger partial charge in [-0.3, -0.25) is 0 Å². The van der Waals surface area contributed by atoms with Gasteiger partial charge in [-0.1, -0.05) is 0 Å². The molecule has 4 N–H and O–H groups in total. The van der Waals surface area contributed by atoms with Crippen molar-refractivity contribution in [2.24, 2.45) is 5.73 Å². The van der Waals surface area contributed by atoms with Crippen LogP contribution in [-0.4, -0.2) is 22.4 Å². The van der Waals surface area contributed by atoms with Crippen molar-refractivity contribution < 1.29 is 14.9 Å². The fourth-order valence-corrected chi connectivity index (χ4v) is 1.54. The predicted molar refractivity (Wildman–Crippen MR) is 74.4 cm³/mol. The lowest BCUT2D eigenvalue weighted by atomic mass is 10.0. The summed E-state index contributed by atoms with van der Waals surface area (Å²) in [5.41, 5.74) is 6.17. The van der Waals surface area contributed by atoms with Crippen molar-refractivity contribution in [3.63, 3.8) is 0 Å². The number of hydrogen-bond donors (Lipinski definition) is 3. The van der Waals surface area contributed by atoms with Crippen LogP contribution in [0.4, 0.5) is 0 Å². The zero-order valence-electron chi connectivity index (χ0n) is 11.0. The highest BCUT2D eigenvalue weighted by molar-refractivity contribution is 5.85. The van der Waals surface area contributed by atoms with Gasteiger partial charge in [0, 0.05) is 18.2 Å². The maximum Gasteiger partial charge on any atom is 0.120 e. The number of aromatic hydroxyl groups is 1. The molecule has 18 heavy (non-hydrogen) atoms. The smallest absolute Gasteiger partial charge is 0.120 e. The number of nitrogens with two attached hydrogens (primary N) is 1. The summed E-state index contributed by atoms with van der Waals surface area (Å²) in [6.07, 6.45) is 0.409. The van der Waals surface area contributed by atoms with E-state index in [0.717, 1.165) is 0 Å². The normalized spacial score (nSPS) is 12.7. The first-order valence-electron chi connectivity index (χ1n) is 5.72. The largest absolute Gasteiger partial charge is 0.508 e. The first kappa shape index (κ1) is 17.0. The van der Waals surface area contributed by atoms with Crippen LogP contribution >= 0.6 is 12.4 Å². The highest BCUT2D eigenvalue weighted by Gasteiger charge is 2.15.